The van der Waals surface area contributed by atoms with Crippen molar-refractivity contribution in [3.63, 3.8) is 0 Å². The van der Waals surface area contributed by atoms with Gasteiger partial charge in [-0.05, 0) is 68.3 Å². The van der Waals surface area contributed by atoms with Crippen molar-refractivity contribution in [1.82, 2.24) is 4.98 Å². The summed E-state index contributed by atoms with van der Waals surface area (Å²) in [6, 6.07) is 13.4. The van der Waals surface area contributed by atoms with Crippen LogP contribution in [0, 0.1) is 0 Å². The second-order valence-electron chi connectivity index (χ2n) is 7.69. The lowest BCUT2D eigenvalue weighted by atomic mass is 10.1. The molecule has 0 unspecified atom stereocenters. The fourth-order valence-electron chi connectivity index (χ4n) is 3.89. The minimum Gasteiger partial charge on any atom is -0.493 e. The summed E-state index contributed by atoms with van der Waals surface area (Å²) in [4.78, 5) is 33.6. The third-order valence-electron chi connectivity index (χ3n) is 5.71. The number of anilines is 1. The van der Waals surface area contributed by atoms with Gasteiger partial charge in [0.1, 0.15) is 0 Å². The highest BCUT2D eigenvalue weighted by Crippen LogP contribution is 2.38. The summed E-state index contributed by atoms with van der Waals surface area (Å²) in [6.07, 6.45) is 3.28. The van der Waals surface area contributed by atoms with Crippen LogP contribution in [0.25, 0.3) is 10.8 Å². The number of nitrogens with zero attached hydrogens (tertiary/aromatic N) is 2. The molecule has 0 aliphatic heterocycles. The molecule has 10 heteroatoms. The first kappa shape index (κ1) is 26.4. The van der Waals surface area contributed by atoms with Gasteiger partial charge in [0, 0.05) is 32.1 Å². The van der Waals surface area contributed by atoms with Crippen LogP contribution < -0.4 is 23.8 Å². The molecule has 1 heterocycles. The van der Waals surface area contributed by atoms with Crippen molar-refractivity contribution in [2.24, 2.45) is 0 Å². The van der Waals surface area contributed by atoms with Gasteiger partial charge < -0.3 is 18.9 Å². The Labute approximate surface area is 230 Å². The first-order valence-electron chi connectivity index (χ1n) is 10.9. The molecule has 4 rings (SSSR count). The van der Waals surface area contributed by atoms with Gasteiger partial charge >= 0.3 is 0 Å². The molecule has 0 saturated carbocycles. The molecular weight excluding hydrogens is 608 g/mol. The number of hydrogen-bond acceptors (Lipinski definition) is 7. The zero-order valence-corrected chi connectivity index (χ0v) is 23.5. The van der Waals surface area contributed by atoms with Gasteiger partial charge in [0.2, 0.25) is 0 Å². The zero-order chi connectivity index (χ0) is 26.7. The molecule has 0 fully saturated rings. The van der Waals surface area contributed by atoms with E-state index in [1.165, 1.54) is 40.6 Å². The number of carbonyl (C=O) groups excluding carboxylic acids is 2. The van der Waals surface area contributed by atoms with Crippen molar-refractivity contribution in [2.45, 2.75) is 0 Å². The van der Waals surface area contributed by atoms with Crippen LogP contribution in [0.5, 0.6) is 23.0 Å². The number of benzene rings is 3. The molecule has 1 aromatic heterocycles. The molecule has 3 aromatic carbocycles. The van der Waals surface area contributed by atoms with Gasteiger partial charge in [-0.25, -0.2) is 4.90 Å². The van der Waals surface area contributed by atoms with Crippen LogP contribution in [-0.4, -0.2) is 45.2 Å². The van der Waals surface area contributed by atoms with Crippen LogP contribution in [0.3, 0.4) is 0 Å². The molecule has 4 aromatic rings. The van der Waals surface area contributed by atoms with Crippen LogP contribution in [0.2, 0.25) is 0 Å². The molecule has 37 heavy (non-hydrogen) atoms. The number of pyridine rings is 1. The largest absolute Gasteiger partial charge is 0.493 e. The smallest absolute Gasteiger partial charge is 0.266 e. The molecule has 0 atom stereocenters. The normalized spacial score (nSPS) is 10.6. The first-order valence-corrected chi connectivity index (χ1v) is 12.5. The average molecular weight is 630 g/mol. The van der Waals surface area contributed by atoms with Crippen molar-refractivity contribution in [3.05, 3.63) is 81.0 Å². The van der Waals surface area contributed by atoms with E-state index in [2.05, 4.69) is 36.8 Å². The number of methoxy groups -OCH3 is 4. The van der Waals surface area contributed by atoms with E-state index in [1.54, 1.807) is 42.7 Å². The van der Waals surface area contributed by atoms with E-state index in [0.717, 1.165) is 10.3 Å². The predicted octanol–water partition coefficient (Wildman–Crippen LogP) is 6.28. The molecule has 190 valence electrons. The molecule has 8 nitrogen and oxygen atoms in total. The summed E-state index contributed by atoms with van der Waals surface area (Å²) in [7, 11) is 5.95. The number of imide groups is 1. The van der Waals surface area contributed by atoms with Gasteiger partial charge in [-0.15, -0.1) is 0 Å². The third-order valence-corrected chi connectivity index (χ3v) is 7.02. The van der Waals surface area contributed by atoms with Gasteiger partial charge in [-0.1, -0.05) is 12.1 Å². The Morgan fingerprint density at radius 1 is 0.730 bits per heavy atom. The maximum atomic E-state index is 14.2. The van der Waals surface area contributed by atoms with Gasteiger partial charge in [0.25, 0.3) is 11.8 Å². The number of rotatable bonds is 7. The van der Waals surface area contributed by atoms with E-state index in [9.17, 15) is 9.59 Å². The number of hydrogen-bond donors (Lipinski definition) is 0. The Kier molecular flexibility index (Phi) is 7.99. The Balaban J connectivity index is 1.96. The highest BCUT2D eigenvalue weighted by Gasteiger charge is 2.31. The molecular formula is C27H22Br2N2O6. The standard InChI is InChI=1S/C27H22Br2N2O6/c1-34-22-10-17(19(28)12-24(22)36-3)26(32)31(21-7-5-6-15-14-30-9-8-16(15)21)27(33)18-11-23(35-2)25(37-4)13-20(18)29/h5-14H,1-4H3. The fourth-order valence-corrected chi connectivity index (χ4v) is 4.87. The van der Waals surface area contributed by atoms with E-state index in [-0.39, 0.29) is 11.1 Å². The Morgan fingerprint density at radius 2 is 1.22 bits per heavy atom. The second-order valence-corrected chi connectivity index (χ2v) is 9.40. The van der Waals surface area contributed by atoms with Gasteiger partial charge in [-0.3, -0.25) is 14.6 Å². The summed E-state index contributed by atoms with van der Waals surface area (Å²) in [5.74, 6) is 0.393. The maximum Gasteiger partial charge on any atom is 0.266 e. The number of ether oxygens (including phenoxy) is 4. The summed E-state index contributed by atoms with van der Waals surface area (Å²) < 4.78 is 22.4. The SMILES string of the molecule is COc1cc(Br)c(C(=O)N(C(=O)c2cc(OC)c(OC)cc2Br)c2cccc3cnccc23)cc1OC. The average Bonchev–Trinajstić information content (AvgIpc) is 2.92. The van der Waals surface area contributed by atoms with Crippen LogP contribution in [0.15, 0.2) is 69.9 Å². The van der Waals surface area contributed by atoms with Gasteiger partial charge in [0.15, 0.2) is 23.0 Å². The number of fused-ring (bicyclic) bond motifs is 1. The Hall–Kier alpha value is -3.63. The van der Waals surface area contributed by atoms with E-state index < -0.39 is 11.8 Å². The Bertz CT molecular complexity index is 1430. The van der Waals surface area contributed by atoms with Crippen LogP contribution in [0.1, 0.15) is 20.7 Å². The molecule has 2 amide bonds. The summed E-state index contributed by atoms with van der Waals surface area (Å²) >= 11 is 6.91. The van der Waals surface area contributed by atoms with Crippen molar-refractivity contribution in [1.29, 1.82) is 0 Å². The summed E-state index contributed by atoms with van der Waals surface area (Å²) in [5.41, 5.74) is 0.792. The lowest BCUT2D eigenvalue weighted by Crippen LogP contribution is -2.37. The number of aromatic nitrogens is 1. The Morgan fingerprint density at radius 3 is 1.70 bits per heavy atom. The van der Waals surface area contributed by atoms with Crippen LogP contribution in [-0.2, 0) is 0 Å². The lowest BCUT2D eigenvalue weighted by Gasteiger charge is -2.24. The van der Waals surface area contributed by atoms with E-state index in [0.29, 0.717) is 43.0 Å². The number of halogens is 2. The minimum absolute atomic E-state index is 0.202. The highest BCUT2D eigenvalue weighted by atomic mass is 79.9. The second kappa shape index (κ2) is 11.2. The quantitative estimate of drug-likeness (QED) is 0.222. The molecule has 0 N–H and O–H groups in total. The lowest BCUT2D eigenvalue weighted by molar-refractivity contribution is 0.0896. The molecule has 0 saturated heterocycles. The van der Waals surface area contributed by atoms with Crippen molar-refractivity contribution in [3.8, 4) is 23.0 Å². The van der Waals surface area contributed by atoms with Gasteiger partial charge in [-0.2, -0.15) is 0 Å². The maximum absolute atomic E-state index is 14.2. The van der Waals surface area contributed by atoms with Crippen LogP contribution >= 0.6 is 31.9 Å². The van der Waals surface area contributed by atoms with Crippen LogP contribution in [0.4, 0.5) is 5.69 Å². The number of carbonyl (C=O) groups is 2. The summed E-state index contributed by atoms with van der Waals surface area (Å²) in [6.45, 7) is 0. The topological polar surface area (TPSA) is 87.2 Å². The predicted molar refractivity (Wildman–Crippen MR) is 147 cm³/mol. The zero-order valence-electron chi connectivity index (χ0n) is 20.4. The van der Waals surface area contributed by atoms with Crippen molar-refractivity contribution in [2.75, 3.05) is 33.3 Å². The highest BCUT2D eigenvalue weighted by molar-refractivity contribution is 9.10. The minimum atomic E-state index is -0.580. The van der Waals surface area contributed by atoms with E-state index >= 15 is 0 Å². The van der Waals surface area contributed by atoms with E-state index in [4.69, 9.17) is 18.9 Å². The monoisotopic (exact) mass is 628 g/mol. The molecule has 0 bridgehead atoms. The molecule has 0 spiro atoms. The molecule has 0 aliphatic rings. The summed E-state index contributed by atoms with van der Waals surface area (Å²) in [5, 5.41) is 1.44. The molecule has 0 aliphatic carbocycles. The fraction of sp³-hybridized carbons (Fsp3) is 0.148. The van der Waals surface area contributed by atoms with Gasteiger partial charge in [0.05, 0.1) is 45.3 Å². The van der Waals surface area contributed by atoms with E-state index in [1.807, 2.05) is 6.07 Å². The number of amides is 2. The van der Waals surface area contributed by atoms with Crippen molar-refractivity contribution < 1.29 is 28.5 Å². The van der Waals surface area contributed by atoms with Crippen molar-refractivity contribution >= 4 is 60.1 Å². The first-order chi connectivity index (χ1) is 17.8. The molecule has 0 radical (unpaired) electrons. The third kappa shape index (κ3) is 4.99.